The SMILES string of the molecule is Cc1cccc(CSc2nc3c(c(=O)[nH]2)C(c2ccccc2C)CC(=O)N3)c1. The number of fused-ring (bicyclic) bond motifs is 1. The number of aryl methyl sites for hydroxylation is 2. The molecule has 0 aliphatic carbocycles. The van der Waals surface area contributed by atoms with Crippen LogP contribution in [0.5, 0.6) is 0 Å². The van der Waals surface area contributed by atoms with Crippen molar-refractivity contribution in [3.63, 3.8) is 0 Å². The molecule has 0 fully saturated rings. The number of nitrogens with one attached hydrogen (secondary N) is 2. The summed E-state index contributed by atoms with van der Waals surface area (Å²) in [7, 11) is 0. The van der Waals surface area contributed by atoms with Gasteiger partial charge in [-0.3, -0.25) is 9.59 Å². The van der Waals surface area contributed by atoms with E-state index < -0.39 is 0 Å². The van der Waals surface area contributed by atoms with E-state index in [1.54, 1.807) is 0 Å². The summed E-state index contributed by atoms with van der Waals surface area (Å²) in [6, 6.07) is 16.1. The average molecular weight is 391 g/mol. The molecule has 0 spiro atoms. The molecule has 142 valence electrons. The Labute approximate surface area is 167 Å². The molecule has 1 atom stereocenters. The summed E-state index contributed by atoms with van der Waals surface area (Å²) in [6.45, 7) is 4.05. The van der Waals surface area contributed by atoms with Crippen LogP contribution in [-0.4, -0.2) is 15.9 Å². The molecule has 1 amide bonds. The Balaban J connectivity index is 1.67. The van der Waals surface area contributed by atoms with Crippen molar-refractivity contribution in [2.75, 3.05) is 5.32 Å². The Bertz CT molecular complexity index is 1110. The van der Waals surface area contributed by atoms with Crippen molar-refractivity contribution in [3.05, 3.63) is 86.7 Å². The molecule has 0 saturated carbocycles. The Kier molecular flexibility index (Phi) is 5.05. The summed E-state index contributed by atoms with van der Waals surface area (Å²) in [5, 5.41) is 3.29. The lowest BCUT2D eigenvalue weighted by molar-refractivity contribution is -0.116. The first-order chi connectivity index (χ1) is 13.5. The summed E-state index contributed by atoms with van der Waals surface area (Å²) in [5.74, 6) is 0.670. The maximum atomic E-state index is 12.9. The van der Waals surface area contributed by atoms with Gasteiger partial charge >= 0.3 is 0 Å². The van der Waals surface area contributed by atoms with E-state index >= 15 is 0 Å². The van der Waals surface area contributed by atoms with Gasteiger partial charge in [0.1, 0.15) is 5.82 Å². The largest absolute Gasteiger partial charge is 0.310 e. The van der Waals surface area contributed by atoms with Crippen LogP contribution in [0.15, 0.2) is 58.5 Å². The second-order valence-electron chi connectivity index (χ2n) is 7.07. The fourth-order valence-corrected chi connectivity index (χ4v) is 4.42. The topological polar surface area (TPSA) is 74.8 Å². The summed E-state index contributed by atoms with van der Waals surface area (Å²) in [4.78, 5) is 32.6. The number of hydrogen-bond donors (Lipinski definition) is 2. The fourth-order valence-electron chi connectivity index (χ4n) is 3.62. The van der Waals surface area contributed by atoms with Gasteiger partial charge in [0.05, 0.1) is 5.56 Å². The van der Waals surface area contributed by atoms with E-state index in [-0.39, 0.29) is 23.8 Å². The van der Waals surface area contributed by atoms with Crippen LogP contribution in [0.4, 0.5) is 5.82 Å². The van der Waals surface area contributed by atoms with E-state index in [1.165, 1.54) is 17.3 Å². The molecule has 3 aromatic rings. The number of benzene rings is 2. The Morgan fingerprint density at radius 2 is 1.93 bits per heavy atom. The predicted molar refractivity (Wildman–Crippen MR) is 112 cm³/mol. The number of H-pyrrole nitrogens is 1. The number of nitrogens with zero attached hydrogens (tertiary/aromatic N) is 1. The van der Waals surface area contributed by atoms with Crippen LogP contribution in [0.1, 0.15) is 40.2 Å². The van der Waals surface area contributed by atoms with E-state index in [2.05, 4.69) is 34.3 Å². The minimum Gasteiger partial charge on any atom is -0.310 e. The quantitative estimate of drug-likeness (QED) is 0.517. The highest BCUT2D eigenvalue weighted by molar-refractivity contribution is 7.98. The Morgan fingerprint density at radius 1 is 1.11 bits per heavy atom. The van der Waals surface area contributed by atoms with E-state index in [9.17, 15) is 9.59 Å². The van der Waals surface area contributed by atoms with Crippen molar-refractivity contribution in [1.29, 1.82) is 0 Å². The molecule has 28 heavy (non-hydrogen) atoms. The van der Waals surface area contributed by atoms with E-state index in [0.717, 1.165) is 16.7 Å². The number of rotatable bonds is 4. The number of thioether (sulfide) groups is 1. The zero-order chi connectivity index (χ0) is 19.7. The van der Waals surface area contributed by atoms with Gasteiger partial charge < -0.3 is 10.3 Å². The molecule has 2 aromatic carbocycles. The van der Waals surface area contributed by atoms with Crippen LogP contribution in [0, 0.1) is 13.8 Å². The number of amides is 1. The van der Waals surface area contributed by atoms with Crippen molar-refractivity contribution in [2.45, 2.75) is 37.1 Å². The molecule has 1 aliphatic heterocycles. The second kappa shape index (κ2) is 7.64. The van der Waals surface area contributed by atoms with Crippen molar-refractivity contribution in [2.24, 2.45) is 0 Å². The lowest BCUT2D eigenvalue weighted by Gasteiger charge is -2.25. The molecule has 0 radical (unpaired) electrons. The monoisotopic (exact) mass is 391 g/mol. The molecule has 2 N–H and O–H groups in total. The molecular weight excluding hydrogens is 370 g/mol. The molecule has 6 heteroatoms. The van der Waals surface area contributed by atoms with Gasteiger partial charge in [0.25, 0.3) is 5.56 Å². The summed E-state index contributed by atoms with van der Waals surface area (Å²) in [6.07, 6.45) is 0.248. The minimum atomic E-state index is -0.281. The first-order valence-corrected chi connectivity index (χ1v) is 10.2. The number of aromatic amines is 1. The Hall–Kier alpha value is -2.86. The zero-order valence-corrected chi connectivity index (χ0v) is 16.6. The van der Waals surface area contributed by atoms with Crippen LogP contribution >= 0.6 is 11.8 Å². The Morgan fingerprint density at radius 3 is 2.71 bits per heavy atom. The number of carbonyl (C=O) groups excluding carboxylic acids is 1. The second-order valence-corrected chi connectivity index (χ2v) is 8.04. The van der Waals surface area contributed by atoms with Crippen LogP contribution in [0.3, 0.4) is 0 Å². The summed E-state index contributed by atoms with van der Waals surface area (Å²) >= 11 is 1.45. The standard InChI is InChI=1S/C22H21N3O2S/c1-13-6-5-8-15(10-13)12-28-22-24-20-19(21(27)25-22)17(11-18(26)23-20)16-9-4-3-7-14(16)2/h3-10,17H,11-12H2,1-2H3,(H2,23,24,25,26,27). The van der Waals surface area contributed by atoms with E-state index in [4.69, 9.17) is 0 Å². The van der Waals surface area contributed by atoms with Crippen LogP contribution in [0.25, 0.3) is 0 Å². The smallest absolute Gasteiger partial charge is 0.257 e. The normalized spacial score (nSPS) is 15.8. The van der Waals surface area contributed by atoms with Gasteiger partial charge in [-0.2, -0.15) is 0 Å². The van der Waals surface area contributed by atoms with E-state index in [1.807, 2.05) is 43.3 Å². The van der Waals surface area contributed by atoms with Crippen molar-refractivity contribution >= 4 is 23.5 Å². The van der Waals surface area contributed by atoms with Crippen LogP contribution < -0.4 is 10.9 Å². The highest BCUT2D eigenvalue weighted by Crippen LogP contribution is 2.36. The number of anilines is 1. The highest BCUT2D eigenvalue weighted by atomic mass is 32.2. The lowest BCUT2D eigenvalue weighted by atomic mass is 9.84. The molecule has 5 nitrogen and oxygen atoms in total. The molecule has 1 aliphatic rings. The van der Waals surface area contributed by atoms with Gasteiger partial charge in [0, 0.05) is 18.1 Å². The molecule has 0 saturated heterocycles. The van der Waals surface area contributed by atoms with Gasteiger partial charge in [-0.15, -0.1) is 0 Å². The average Bonchev–Trinajstić information content (AvgIpc) is 2.66. The van der Waals surface area contributed by atoms with Crippen molar-refractivity contribution in [3.8, 4) is 0 Å². The number of carbonyl (C=O) groups is 1. The first kappa shape index (κ1) is 18.5. The maximum absolute atomic E-state index is 12.9. The van der Waals surface area contributed by atoms with Gasteiger partial charge in [-0.1, -0.05) is 65.9 Å². The summed E-state index contributed by atoms with van der Waals surface area (Å²) in [5.41, 5.74) is 4.75. The van der Waals surface area contributed by atoms with Crippen LogP contribution in [0.2, 0.25) is 0 Å². The molecule has 1 unspecified atom stereocenters. The first-order valence-electron chi connectivity index (χ1n) is 9.19. The van der Waals surface area contributed by atoms with Crippen LogP contribution in [-0.2, 0) is 10.5 Å². The van der Waals surface area contributed by atoms with Gasteiger partial charge in [-0.25, -0.2) is 4.98 Å². The van der Waals surface area contributed by atoms with Crippen molar-refractivity contribution in [1.82, 2.24) is 9.97 Å². The zero-order valence-electron chi connectivity index (χ0n) is 15.8. The van der Waals surface area contributed by atoms with Crippen molar-refractivity contribution < 1.29 is 4.79 Å². The van der Waals surface area contributed by atoms with E-state index in [0.29, 0.717) is 22.3 Å². The van der Waals surface area contributed by atoms with Gasteiger partial charge in [0.2, 0.25) is 5.91 Å². The maximum Gasteiger partial charge on any atom is 0.257 e. The van der Waals surface area contributed by atoms with Gasteiger partial charge in [0.15, 0.2) is 5.16 Å². The molecule has 2 heterocycles. The molecule has 1 aromatic heterocycles. The number of hydrogen-bond acceptors (Lipinski definition) is 4. The predicted octanol–water partition coefficient (Wildman–Crippen LogP) is 4.15. The third-order valence-electron chi connectivity index (χ3n) is 4.95. The third kappa shape index (κ3) is 3.73. The fraction of sp³-hybridized carbons (Fsp3) is 0.227. The molecular formula is C22H21N3O2S. The minimum absolute atomic E-state index is 0.117. The third-order valence-corrected chi connectivity index (χ3v) is 5.90. The number of aromatic nitrogens is 2. The highest BCUT2D eigenvalue weighted by Gasteiger charge is 2.31. The van der Waals surface area contributed by atoms with Gasteiger partial charge in [-0.05, 0) is 30.5 Å². The summed E-state index contributed by atoms with van der Waals surface area (Å²) < 4.78 is 0. The molecule has 4 rings (SSSR count). The lowest BCUT2D eigenvalue weighted by Crippen LogP contribution is -2.31. The molecule has 0 bridgehead atoms.